The second-order valence-electron chi connectivity index (χ2n) is 5.20. The highest BCUT2D eigenvalue weighted by Crippen LogP contribution is 2.29. The molecule has 0 aliphatic heterocycles. The second kappa shape index (κ2) is 4.84. The summed E-state index contributed by atoms with van der Waals surface area (Å²) in [5.74, 6) is -0.334. The summed E-state index contributed by atoms with van der Waals surface area (Å²) >= 11 is 0. The number of pyridine rings is 1. The number of carbonyl (C=O) groups excluding carboxylic acids is 1. The molecule has 0 radical (unpaired) electrons. The summed E-state index contributed by atoms with van der Waals surface area (Å²) in [6, 6.07) is 16.3. The fourth-order valence-electron chi connectivity index (χ4n) is 2.89. The summed E-state index contributed by atoms with van der Waals surface area (Å²) in [4.78, 5) is 16.3. The zero-order valence-electron chi connectivity index (χ0n) is 12.1. The molecular formula is C18H14N2O2. The summed E-state index contributed by atoms with van der Waals surface area (Å²) in [5.41, 5.74) is 2.25. The van der Waals surface area contributed by atoms with Gasteiger partial charge < -0.3 is 9.24 Å². The number of fused-ring (bicyclic) bond motifs is 3. The van der Waals surface area contributed by atoms with Crippen molar-refractivity contribution in [2.24, 2.45) is 5.16 Å². The Hall–Kier alpha value is -2.88. The predicted octanol–water partition coefficient (Wildman–Crippen LogP) is 3.45. The maximum atomic E-state index is 11.3. The van der Waals surface area contributed by atoms with E-state index in [0.717, 1.165) is 16.4 Å². The molecule has 4 nitrogen and oxygen atoms in total. The Morgan fingerprint density at radius 2 is 1.82 bits per heavy atom. The lowest BCUT2D eigenvalue weighted by Gasteiger charge is -2.01. The summed E-state index contributed by atoms with van der Waals surface area (Å²) in [6.45, 7) is 1.75. The van der Waals surface area contributed by atoms with Crippen LogP contribution in [0.5, 0.6) is 0 Å². The molecule has 4 aromatic rings. The van der Waals surface area contributed by atoms with Gasteiger partial charge in [-0.25, -0.2) is 4.79 Å². The molecule has 0 unspecified atom stereocenters. The van der Waals surface area contributed by atoms with E-state index in [4.69, 9.17) is 4.84 Å². The van der Waals surface area contributed by atoms with Crippen molar-refractivity contribution in [1.29, 1.82) is 0 Å². The fraction of sp³-hybridized carbons (Fsp3) is 0.111. The maximum absolute atomic E-state index is 11.3. The Kier molecular flexibility index (Phi) is 2.82. The Labute approximate surface area is 126 Å². The van der Waals surface area contributed by atoms with Gasteiger partial charge in [0.25, 0.3) is 0 Å². The first-order chi connectivity index (χ1) is 10.8. The van der Waals surface area contributed by atoms with Gasteiger partial charge in [0.1, 0.15) is 5.36 Å². The van der Waals surface area contributed by atoms with Crippen LogP contribution in [-0.4, -0.2) is 10.4 Å². The third-order valence-corrected chi connectivity index (χ3v) is 3.92. The van der Waals surface area contributed by atoms with Crippen LogP contribution >= 0.6 is 0 Å². The van der Waals surface area contributed by atoms with Crippen LogP contribution in [-0.2, 0) is 9.63 Å². The van der Waals surface area contributed by atoms with Crippen LogP contribution in [0.4, 0.5) is 0 Å². The summed E-state index contributed by atoms with van der Waals surface area (Å²) in [5, 5.41) is 8.03. The average Bonchev–Trinajstić information content (AvgIpc) is 2.90. The molecule has 108 valence electrons. The number of aromatic nitrogens is 1. The topological polar surface area (TPSA) is 43.1 Å². The lowest BCUT2D eigenvalue weighted by Crippen LogP contribution is -2.08. The number of carbonyl (C=O) groups is 1. The standard InChI is InChI=1S/C18H14N2O2/c1-2-17(21)22-19-15-10-11-20-16-9-4-3-6-12(16)13-7-5-8-14(15)18(13)20/h3-11H,2H2,1H3/b19-15+. The maximum Gasteiger partial charge on any atom is 0.334 e. The van der Waals surface area contributed by atoms with E-state index in [2.05, 4.69) is 27.8 Å². The second-order valence-corrected chi connectivity index (χ2v) is 5.20. The third kappa shape index (κ3) is 1.77. The van der Waals surface area contributed by atoms with Crippen molar-refractivity contribution in [3.63, 3.8) is 0 Å². The van der Waals surface area contributed by atoms with Crippen molar-refractivity contribution in [2.45, 2.75) is 13.3 Å². The van der Waals surface area contributed by atoms with Crippen molar-refractivity contribution < 1.29 is 9.63 Å². The number of hydrogen-bond acceptors (Lipinski definition) is 3. The number of para-hydroxylation sites is 2. The number of benzene rings is 2. The molecule has 0 aliphatic rings. The van der Waals surface area contributed by atoms with Crippen molar-refractivity contribution >= 4 is 33.2 Å². The molecule has 0 spiro atoms. The lowest BCUT2D eigenvalue weighted by atomic mass is 10.1. The first-order valence-corrected chi connectivity index (χ1v) is 7.27. The monoisotopic (exact) mass is 290 g/mol. The van der Waals surface area contributed by atoms with Gasteiger partial charge >= 0.3 is 5.97 Å². The minimum Gasteiger partial charge on any atom is -0.318 e. The van der Waals surface area contributed by atoms with E-state index >= 15 is 0 Å². The van der Waals surface area contributed by atoms with Gasteiger partial charge in [-0.1, -0.05) is 48.5 Å². The highest BCUT2D eigenvalue weighted by Gasteiger charge is 2.11. The minimum atomic E-state index is -0.334. The molecule has 4 heteroatoms. The van der Waals surface area contributed by atoms with Crippen molar-refractivity contribution in [3.05, 3.63) is 60.1 Å². The quantitative estimate of drug-likeness (QED) is 0.419. The molecule has 0 atom stereocenters. The van der Waals surface area contributed by atoms with Crippen LogP contribution in [0.3, 0.4) is 0 Å². The Morgan fingerprint density at radius 1 is 1.05 bits per heavy atom. The van der Waals surface area contributed by atoms with Crippen LogP contribution in [0.2, 0.25) is 0 Å². The van der Waals surface area contributed by atoms with Gasteiger partial charge in [-0.3, -0.25) is 0 Å². The van der Waals surface area contributed by atoms with Gasteiger partial charge in [0.2, 0.25) is 0 Å². The molecule has 2 aromatic heterocycles. The van der Waals surface area contributed by atoms with Crippen LogP contribution in [0.1, 0.15) is 13.3 Å². The van der Waals surface area contributed by atoms with Gasteiger partial charge in [0.15, 0.2) is 0 Å². The Morgan fingerprint density at radius 3 is 2.68 bits per heavy atom. The van der Waals surface area contributed by atoms with E-state index < -0.39 is 0 Å². The Bertz CT molecular complexity index is 1030. The highest BCUT2D eigenvalue weighted by molar-refractivity contribution is 6.13. The first kappa shape index (κ1) is 12.8. The molecule has 2 aromatic carbocycles. The van der Waals surface area contributed by atoms with E-state index in [0.29, 0.717) is 11.8 Å². The zero-order valence-corrected chi connectivity index (χ0v) is 12.1. The van der Waals surface area contributed by atoms with Crippen molar-refractivity contribution in [3.8, 4) is 0 Å². The molecule has 4 rings (SSSR count). The number of hydrogen-bond donors (Lipinski definition) is 0. The van der Waals surface area contributed by atoms with Crippen LogP contribution < -0.4 is 5.36 Å². The highest BCUT2D eigenvalue weighted by atomic mass is 16.7. The van der Waals surface area contributed by atoms with E-state index in [1.807, 2.05) is 36.5 Å². The average molecular weight is 290 g/mol. The molecule has 2 heterocycles. The summed E-state index contributed by atoms with van der Waals surface area (Å²) in [6.07, 6.45) is 2.28. The summed E-state index contributed by atoms with van der Waals surface area (Å²) in [7, 11) is 0. The molecule has 0 N–H and O–H groups in total. The predicted molar refractivity (Wildman–Crippen MR) is 85.5 cm³/mol. The van der Waals surface area contributed by atoms with Gasteiger partial charge in [0.05, 0.1) is 11.0 Å². The smallest absolute Gasteiger partial charge is 0.318 e. The number of rotatable bonds is 2. The van der Waals surface area contributed by atoms with E-state index in [1.165, 1.54) is 10.8 Å². The molecule has 0 saturated carbocycles. The van der Waals surface area contributed by atoms with Crippen LogP contribution in [0.25, 0.3) is 27.2 Å². The molecule has 0 fully saturated rings. The molecule has 22 heavy (non-hydrogen) atoms. The summed E-state index contributed by atoms with van der Waals surface area (Å²) < 4.78 is 2.15. The lowest BCUT2D eigenvalue weighted by molar-refractivity contribution is -0.143. The van der Waals surface area contributed by atoms with E-state index in [9.17, 15) is 4.79 Å². The van der Waals surface area contributed by atoms with Crippen LogP contribution in [0.15, 0.2) is 59.9 Å². The number of nitrogens with zero attached hydrogens (tertiary/aromatic N) is 2. The van der Waals surface area contributed by atoms with Crippen molar-refractivity contribution in [1.82, 2.24) is 4.40 Å². The third-order valence-electron chi connectivity index (χ3n) is 3.92. The van der Waals surface area contributed by atoms with Gasteiger partial charge in [0, 0.05) is 28.8 Å². The first-order valence-electron chi connectivity index (χ1n) is 7.27. The van der Waals surface area contributed by atoms with Gasteiger partial charge in [-0.15, -0.1) is 0 Å². The Balaban J connectivity index is 2.10. The van der Waals surface area contributed by atoms with Crippen LogP contribution in [0, 0.1) is 0 Å². The normalized spacial score (nSPS) is 12.5. The molecule has 0 amide bonds. The largest absolute Gasteiger partial charge is 0.334 e. The van der Waals surface area contributed by atoms with E-state index in [-0.39, 0.29) is 5.97 Å². The molecule has 0 saturated heterocycles. The van der Waals surface area contributed by atoms with E-state index in [1.54, 1.807) is 6.92 Å². The van der Waals surface area contributed by atoms with Crippen molar-refractivity contribution in [2.75, 3.05) is 0 Å². The van der Waals surface area contributed by atoms with Gasteiger partial charge in [-0.05, 0) is 12.1 Å². The fourth-order valence-corrected chi connectivity index (χ4v) is 2.89. The minimum absolute atomic E-state index is 0.310. The molecule has 0 aliphatic carbocycles. The molecular weight excluding hydrogens is 276 g/mol. The molecule has 0 bridgehead atoms. The SMILES string of the molecule is CCC(=O)O/N=c1\ccn2c3ccccc3c3cccc1c32. The zero-order chi connectivity index (χ0) is 15.1. The van der Waals surface area contributed by atoms with Gasteiger partial charge in [-0.2, -0.15) is 0 Å².